The second-order valence-electron chi connectivity index (χ2n) is 5.20. The van der Waals surface area contributed by atoms with Crippen molar-refractivity contribution >= 4 is 38.2 Å². The number of benzene rings is 1. The fourth-order valence-corrected chi connectivity index (χ4v) is 3.82. The molecule has 1 atom stereocenters. The zero-order valence-electron chi connectivity index (χ0n) is 12.1. The summed E-state index contributed by atoms with van der Waals surface area (Å²) in [5.41, 5.74) is 1.81. The Labute approximate surface area is 147 Å². The van der Waals surface area contributed by atoms with E-state index in [-0.39, 0.29) is 5.92 Å². The Morgan fingerprint density at radius 1 is 1.13 bits per heavy atom. The van der Waals surface area contributed by atoms with Crippen LogP contribution in [0.1, 0.15) is 16.5 Å². The quantitative estimate of drug-likeness (QED) is 0.635. The molecule has 0 radical (unpaired) electrons. The molecule has 0 bridgehead atoms. The van der Waals surface area contributed by atoms with E-state index in [2.05, 4.69) is 33.1 Å². The smallest absolute Gasteiger partial charge is 0.141 e. The summed E-state index contributed by atoms with van der Waals surface area (Å²) in [5.74, 6) is -0.818. The van der Waals surface area contributed by atoms with Crippen LogP contribution in [0.5, 0.6) is 0 Å². The monoisotopic (exact) mass is 381 g/mol. The number of hydrogen-bond donors (Lipinski definition) is 0. The van der Waals surface area contributed by atoms with Crippen LogP contribution in [-0.2, 0) is 6.42 Å². The number of fused-ring (bicyclic) bond motifs is 1. The van der Waals surface area contributed by atoms with Crippen LogP contribution in [0.15, 0.2) is 52.3 Å². The van der Waals surface area contributed by atoms with Crippen LogP contribution < -0.4 is 0 Å². The van der Waals surface area contributed by atoms with Crippen molar-refractivity contribution in [2.45, 2.75) is 12.3 Å². The number of rotatable bonds is 4. The highest BCUT2D eigenvalue weighted by atomic mass is 79.9. The van der Waals surface area contributed by atoms with E-state index in [1.807, 2.05) is 47.8 Å². The van der Waals surface area contributed by atoms with Crippen molar-refractivity contribution < 1.29 is 0 Å². The standard InChI is InChI=1S/C18H12BrN3S/c19-14-4-6-17-12(8-14)3-5-15(22-17)9-16(13(10-20)11-21)18-2-1-7-23-18/h1-8,13,16H,9H2. The van der Waals surface area contributed by atoms with E-state index in [9.17, 15) is 10.5 Å². The predicted octanol–water partition coefficient (Wildman–Crippen LogP) is 5.05. The molecule has 3 nitrogen and oxygen atoms in total. The summed E-state index contributed by atoms with van der Waals surface area (Å²) in [6, 6.07) is 18.1. The molecule has 3 aromatic rings. The number of halogens is 1. The predicted molar refractivity (Wildman–Crippen MR) is 94.9 cm³/mol. The van der Waals surface area contributed by atoms with Gasteiger partial charge in [-0.3, -0.25) is 4.98 Å². The highest BCUT2D eigenvalue weighted by molar-refractivity contribution is 9.10. The molecule has 112 valence electrons. The maximum absolute atomic E-state index is 9.28. The third kappa shape index (κ3) is 3.42. The molecule has 1 unspecified atom stereocenters. The molecule has 0 N–H and O–H groups in total. The van der Waals surface area contributed by atoms with Gasteiger partial charge in [0, 0.05) is 26.3 Å². The fourth-order valence-electron chi connectivity index (χ4n) is 2.57. The lowest BCUT2D eigenvalue weighted by molar-refractivity contribution is 0.611. The van der Waals surface area contributed by atoms with Crippen molar-refractivity contribution in [3.63, 3.8) is 0 Å². The first-order chi connectivity index (χ1) is 11.2. The van der Waals surface area contributed by atoms with E-state index in [0.717, 1.165) is 25.9 Å². The number of nitrogens with zero attached hydrogens (tertiary/aromatic N) is 3. The first-order valence-electron chi connectivity index (χ1n) is 7.09. The van der Waals surface area contributed by atoms with Gasteiger partial charge in [0.15, 0.2) is 0 Å². The fraction of sp³-hybridized carbons (Fsp3) is 0.167. The van der Waals surface area contributed by atoms with E-state index < -0.39 is 5.92 Å². The zero-order valence-corrected chi connectivity index (χ0v) is 14.5. The first-order valence-corrected chi connectivity index (χ1v) is 8.76. The van der Waals surface area contributed by atoms with E-state index >= 15 is 0 Å². The van der Waals surface area contributed by atoms with Gasteiger partial charge in [0.05, 0.1) is 17.7 Å². The number of pyridine rings is 1. The zero-order chi connectivity index (χ0) is 16.2. The SMILES string of the molecule is N#CC(C#N)C(Cc1ccc2cc(Br)ccc2n1)c1cccs1. The molecule has 2 aromatic heterocycles. The molecule has 1 aromatic carbocycles. The van der Waals surface area contributed by atoms with Crippen LogP contribution in [0.2, 0.25) is 0 Å². The lowest BCUT2D eigenvalue weighted by Crippen LogP contribution is -2.12. The highest BCUT2D eigenvalue weighted by Gasteiger charge is 2.24. The summed E-state index contributed by atoms with van der Waals surface area (Å²) in [4.78, 5) is 5.73. The molecule has 0 saturated carbocycles. The van der Waals surface area contributed by atoms with Crippen LogP contribution in [0.25, 0.3) is 10.9 Å². The molecular formula is C18H12BrN3S. The van der Waals surface area contributed by atoms with Gasteiger partial charge >= 0.3 is 0 Å². The maximum atomic E-state index is 9.28. The Morgan fingerprint density at radius 2 is 1.96 bits per heavy atom. The molecule has 0 fully saturated rings. The Bertz CT molecular complexity index is 892. The van der Waals surface area contributed by atoms with Gasteiger partial charge in [-0.25, -0.2) is 0 Å². The van der Waals surface area contributed by atoms with E-state index in [4.69, 9.17) is 0 Å². The van der Waals surface area contributed by atoms with Gasteiger partial charge in [-0.2, -0.15) is 10.5 Å². The molecule has 5 heteroatoms. The lowest BCUT2D eigenvalue weighted by Gasteiger charge is -2.15. The summed E-state index contributed by atoms with van der Waals surface area (Å²) >= 11 is 5.04. The van der Waals surface area contributed by atoms with Crippen LogP contribution in [-0.4, -0.2) is 4.98 Å². The van der Waals surface area contributed by atoms with Crippen LogP contribution >= 0.6 is 27.3 Å². The number of nitriles is 2. The topological polar surface area (TPSA) is 60.5 Å². The van der Waals surface area contributed by atoms with Crippen molar-refractivity contribution in [3.05, 3.63) is 62.9 Å². The minimum absolute atomic E-state index is 0.148. The summed E-state index contributed by atoms with van der Waals surface area (Å²) in [7, 11) is 0. The lowest BCUT2D eigenvalue weighted by atomic mass is 9.88. The molecule has 0 saturated heterocycles. The summed E-state index contributed by atoms with van der Waals surface area (Å²) in [6.45, 7) is 0. The Balaban J connectivity index is 1.95. The summed E-state index contributed by atoms with van der Waals surface area (Å²) in [6.07, 6.45) is 0.582. The Kier molecular flexibility index (Phi) is 4.71. The Hall–Kier alpha value is -2.21. The van der Waals surface area contributed by atoms with Gasteiger partial charge in [-0.1, -0.05) is 28.1 Å². The second-order valence-corrected chi connectivity index (χ2v) is 7.10. The van der Waals surface area contributed by atoms with E-state index in [1.54, 1.807) is 11.3 Å². The van der Waals surface area contributed by atoms with Crippen molar-refractivity contribution in [2.75, 3.05) is 0 Å². The van der Waals surface area contributed by atoms with Gasteiger partial charge in [-0.05, 0) is 42.1 Å². The number of thiophene rings is 1. The van der Waals surface area contributed by atoms with Gasteiger partial charge in [0.1, 0.15) is 5.92 Å². The highest BCUT2D eigenvalue weighted by Crippen LogP contribution is 2.31. The van der Waals surface area contributed by atoms with E-state index in [1.165, 1.54) is 0 Å². The average molecular weight is 382 g/mol. The number of aromatic nitrogens is 1. The van der Waals surface area contributed by atoms with Gasteiger partial charge in [0.2, 0.25) is 0 Å². The van der Waals surface area contributed by atoms with Crippen LogP contribution in [0.3, 0.4) is 0 Å². The van der Waals surface area contributed by atoms with Crippen molar-refractivity contribution in [1.82, 2.24) is 4.98 Å². The van der Waals surface area contributed by atoms with Crippen molar-refractivity contribution in [3.8, 4) is 12.1 Å². The molecule has 3 rings (SSSR count). The third-order valence-corrected chi connectivity index (χ3v) is 5.22. The molecule has 0 aliphatic carbocycles. The van der Waals surface area contributed by atoms with Gasteiger partial charge in [0.25, 0.3) is 0 Å². The summed E-state index contributed by atoms with van der Waals surface area (Å²) in [5, 5.41) is 21.6. The molecular weight excluding hydrogens is 370 g/mol. The third-order valence-electron chi connectivity index (χ3n) is 3.73. The van der Waals surface area contributed by atoms with Gasteiger partial charge in [-0.15, -0.1) is 11.3 Å². The van der Waals surface area contributed by atoms with Crippen molar-refractivity contribution in [2.24, 2.45) is 5.92 Å². The average Bonchev–Trinajstić information content (AvgIpc) is 3.09. The molecule has 23 heavy (non-hydrogen) atoms. The summed E-state index contributed by atoms with van der Waals surface area (Å²) < 4.78 is 1.02. The van der Waals surface area contributed by atoms with Crippen LogP contribution in [0.4, 0.5) is 0 Å². The Morgan fingerprint density at radius 3 is 2.65 bits per heavy atom. The minimum atomic E-state index is -0.670. The van der Waals surface area contributed by atoms with Gasteiger partial charge < -0.3 is 0 Å². The molecule has 0 aliphatic rings. The van der Waals surface area contributed by atoms with Crippen molar-refractivity contribution in [1.29, 1.82) is 10.5 Å². The molecule has 0 amide bonds. The molecule has 0 aliphatic heterocycles. The maximum Gasteiger partial charge on any atom is 0.141 e. The molecule has 0 spiro atoms. The van der Waals surface area contributed by atoms with Crippen LogP contribution in [0, 0.1) is 28.6 Å². The largest absolute Gasteiger partial charge is 0.253 e. The normalized spacial score (nSPS) is 12.0. The first kappa shape index (κ1) is 15.7. The number of hydrogen-bond acceptors (Lipinski definition) is 4. The molecule has 2 heterocycles. The van der Waals surface area contributed by atoms with E-state index in [0.29, 0.717) is 6.42 Å². The minimum Gasteiger partial charge on any atom is -0.253 e. The second kappa shape index (κ2) is 6.91.